The van der Waals surface area contributed by atoms with E-state index in [4.69, 9.17) is 9.47 Å². The Kier molecular flexibility index (Phi) is 4.93. The molecule has 0 atom stereocenters. The summed E-state index contributed by atoms with van der Waals surface area (Å²) in [6.07, 6.45) is 3.34. The van der Waals surface area contributed by atoms with Crippen LogP contribution in [-0.4, -0.2) is 66.9 Å². The summed E-state index contributed by atoms with van der Waals surface area (Å²) >= 11 is 0. The molecule has 8 nitrogen and oxygen atoms in total. The molecule has 0 saturated carbocycles. The van der Waals surface area contributed by atoms with Crippen molar-refractivity contribution in [3.63, 3.8) is 0 Å². The summed E-state index contributed by atoms with van der Waals surface area (Å²) in [7, 11) is 0. The Labute approximate surface area is 169 Å². The van der Waals surface area contributed by atoms with E-state index >= 15 is 0 Å². The third kappa shape index (κ3) is 3.98. The van der Waals surface area contributed by atoms with Crippen LogP contribution in [0.4, 0.5) is 11.5 Å². The molecule has 1 N–H and O–H groups in total. The lowest BCUT2D eigenvalue weighted by molar-refractivity contribution is -0.117. The Morgan fingerprint density at radius 3 is 2.69 bits per heavy atom. The molecular weight excluding hydrogens is 370 g/mol. The highest BCUT2D eigenvalue weighted by Crippen LogP contribution is 2.32. The number of hydrogen-bond acceptors (Lipinski definition) is 7. The van der Waals surface area contributed by atoms with E-state index in [1.54, 1.807) is 0 Å². The van der Waals surface area contributed by atoms with Gasteiger partial charge >= 0.3 is 0 Å². The second-order valence-corrected chi connectivity index (χ2v) is 7.70. The van der Waals surface area contributed by atoms with Crippen LogP contribution in [0.25, 0.3) is 0 Å². The highest BCUT2D eigenvalue weighted by molar-refractivity contribution is 5.92. The average molecular weight is 395 g/mol. The lowest BCUT2D eigenvalue weighted by Crippen LogP contribution is -2.49. The van der Waals surface area contributed by atoms with Gasteiger partial charge in [-0.3, -0.25) is 9.69 Å². The Hall–Kier alpha value is -2.87. The van der Waals surface area contributed by atoms with E-state index < -0.39 is 0 Å². The molecule has 2 aromatic rings. The van der Waals surface area contributed by atoms with Crippen molar-refractivity contribution in [3.8, 4) is 11.5 Å². The molecule has 5 rings (SSSR count). The first-order valence-corrected chi connectivity index (χ1v) is 10.3. The zero-order chi connectivity index (χ0) is 19.6. The number of amides is 1. The van der Waals surface area contributed by atoms with Crippen LogP contribution in [0.5, 0.6) is 11.5 Å². The zero-order valence-corrected chi connectivity index (χ0v) is 16.4. The number of hydrogen-bond donors (Lipinski definition) is 1. The molecule has 2 aliphatic heterocycles. The molecule has 1 fully saturated rings. The molecule has 0 spiro atoms. The molecule has 1 saturated heterocycles. The summed E-state index contributed by atoms with van der Waals surface area (Å²) < 4.78 is 11.1. The van der Waals surface area contributed by atoms with Crippen LogP contribution in [0.3, 0.4) is 0 Å². The number of nitrogens with one attached hydrogen (secondary N) is 1. The van der Waals surface area contributed by atoms with Gasteiger partial charge in [-0.15, -0.1) is 5.10 Å². The highest BCUT2D eigenvalue weighted by atomic mass is 16.6. The van der Waals surface area contributed by atoms with Gasteiger partial charge in [-0.2, -0.15) is 5.10 Å². The van der Waals surface area contributed by atoms with Crippen LogP contribution in [0.1, 0.15) is 17.7 Å². The minimum absolute atomic E-state index is 0.0209. The number of aromatic nitrogens is 2. The van der Waals surface area contributed by atoms with Gasteiger partial charge in [-0.25, -0.2) is 0 Å². The summed E-state index contributed by atoms with van der Waals surface area (Å²) in [6, 6.07) is 7.69. The molecule has 29 heavy (non-hydrogen) atoms. The van der Waals surface area contributed by atoms with Crippen molar-refractivity contribution in [1.82, 2.24) is 15.1 Å². The Balaban J connectivity index is 1.13. The molecule has 3 heterocycles. The molecular formula is C21H25N5O3. The third-order valence-electron chi connectivity index (χ3n) is 5.70. The minimum Gasteiger partial charge on any atom is -0.486 e. The lowest BCUT2D eigenvalue weighted by atomic mass is 10.2. The standard InChI is InChI=1S/C21H25N5O3/c27-21(22-16-4-5-18-19(13-16)29-11-10-28-18)14-25-6-8-26(9-7-25)20-12-15-2-1-3-17(15)23-24-20/h4-5,12-13H,1-3,6-11,14H2,(H,22,27). The van der Waals surface area contributed by atoms with Gasteiger partial charge in [0.1, 0.15) is 13.2 Å². The predicted octanol–water partition coefficient (Wildman–Crippen LogP) is 1.50. The smallest absolute Gasteiger partial charge is 0.238 e. The van der Waals surface area contributed by atoms with Gasteiger partial charge in [0.2, 0.25) is 5.91 Å². The number of piperazine rings is 1. The molecule has 1 aromatic heterocycles. The van der Waals surface area contributed by atoms with Crippen molar-refractivity contribution in [2.45, 2.75) is 19.3 Å². The van der Waals surface area contributed by atoms with Crippen LogP contribution >= 0.6 is 0 Å². The number of benzene rings is 1. The Morgan fingerprint density at radius 1 is 1.00 bits per heavy atom. The molecule has 0 unspecified atom stereocenters. The molecule has 0 radical (unpaired) electrons. The monoisotopic (exact) mass is 395 g/mol. The molecule has 3 aliphatic rings. The van der Waals surface area contributed by atoms with Crippen molar-refractivity contribution in [1.29, 1.82) is 0 Å². The van der Waals surface area contributed by atoms with Gasteiger partial charge in [0, 0.05) is 37.9 Å². The van der Waals surface area contributed by atoms with Crippen LogP contribution in [0, 0.1) is 0 Å². The van der Waals surface area contributed by atoms with E-state index in [0.29, 0.717) is 25.5 Å². The van der Waals surface area contributed by atoms with Crippen LogP contribution in [0.15, 0.2) is 24.3 Å². The Morgan fingerprint density at radius 2 is 1.83 bits per heavy atom. The normalized spacial score (nSPS) is 18.4. The van der Waals surface area contributed by atoms with Crippen molar-refractivity contribution in [2.75, 3.05) is 56.2 Å². The van der Waals surface area contributed by atoms with E-state index in [2.05, 4.69) is 31.4 Å². The summed E-state index contributed by atoms with van der Waals surface area (Å²) in [5.41, 5.74) is 3.23. The molecule has 152 valence electrons. The molecule has 0 bridgehead atoms. The summed E-state index contributed by atoms with van der Waals surface area (Å²) in [5.74, 6) is 2.34. The fourth-order valence-corrected chi connectivity index (χ4v) is 4.13. The molecule has 8 heteroatoms. The number of carbonyl (C=O) groups is 1. The first kappa shape index (κ1) is 18.2. The van der Waals surface area contributed by atoms with Crippen molar-refractivity contribution in [3.05, 3.63) is 35.5 Å². The zero-order valence-electron chi connectivity index (χ0n) is 16.4. The predicted molar refractivity (Wildman–Crippen MR) is 109 cm³/mol. The van der Waals surface area contributed by atoms with Crippen LogP contribution < -0.4 is 19.7 Å². The number of ether oxygens (including phenoxy) is 2. The maximum absolute atomic E-state index is 12.5. The van der Waals surface area contributed by atoms with Gasteiger partial charge in [-0.1, -0.05) is 0 Å². The second kappa shape index (κ2) is 7.87. The lowest BCUT2D eigenvalue weighted by Gasteiger charge is -2.34. The number of nitrogens with zero attached hydrogens (tertiary/aromatic N) is 4. The Bertz CT molecular complexity index is 911. The summed E-state index contributed by atoms with van der Waals surface area (Å²) in [4.78, 5) is 16.9. The number of aryl methyl sites for hydroxylation is 2. The minimum atomic E-state index is -0.0209. The summed E-state index contributed by atoms with van der Waals surface area (Å²) in [6.45, 7) is 4.82. The second-order valence-electron chi connectivity index (χ2n) is 7.70. The van der Waals surface area contributed by atoms with Gasteiger partial charge < -0.3 is 19.7 Å². The van der Waals surface area contributed by atoms with Crippen LogP contribution in [-0.2, 0) is 17.6 Å². The van der Waals surface area contributed by atoms with E-state index in [1.165, 1.54) is 12.0 Å². The quantitative estimate of drug-likeness (QED) is 0.840. The topological polar surface area (TPSA) is 79.8 Å². The highest BCUT2D eigenvalue weighted by Gasteiger charge is 2.22. The van der Waals surface area contributed by atoms with E-state index in [9.17, 15) is 4.79 Å². The van der Waals surface area contributed by atoms with Gasteiger partial charge in [-0.05, 0) is 43.0 Å². The maximum atomic E-state index is 12.5. The van der Waals surface area contributed by atoms with E-state index in [1.807, 2.05) is 18.2 Å². The fraction of sp³-hybridized carbons (Fsp3) is 0.476. The first-order chi connectivity index (χ1) is 14.2. The maximum Gasteiger partial charge on any atom is 0.238 e. The molecule has 1 aliphatic carbocycles. The number of fused-ring (bicyclic) bond motifs is 2. The average Bonchev–Trinajstić information content (AvgIpc) is 3.22. The summed E-state index contributed by atoms with van der Waals surface area (Å²) in [5, 5.41) is 11.8. The number of anilines is 2. The van der Waals surface area contributed by atoms with Crippen molar-refractivity contribution in [2.24, 2.45) is 0 Å². The molecule has 1 amide bonds. The van der Waals surface area contributed by atoms with Gasteiger partial charge in [0.15, 0.2) is 17.3 Å². The SMILES string of the molecule is O=C(CN1CCN(c2cc3c(nn2)CCC3)CC1)Nc1ccc2c(c1)OCCO2. The number of carbonyl (C=O) groups excluding carboxylic acids is 1. The van der Waals surface area contributed by atoms with Crippen LogP contribution in [0.2, 0.25) is 0 Å². The third-order valence-corrected chi connectivity index (χ3v) is 5.70. The van der Waals surface area contributed by atoms with Gasteiger partial charge in [0.25, 0.3) is 0 Å². The molecule has 1 aromatic carbocycles. The first-order valence-electron chi connectivity index (χ1n) is 10.3. The van der Waals surface area contributed by atoms with Gasteiger partial charge in [0.05, 0.1) is 12.2 Å². The van der Waals surface area contributed by atoms with E-state index in [0.717, 1.165) is 62.0 Å². The number of rotatable bonds is 4. The fourth-order valence-electron chi connectivity index (χ4n) is 4.13. The van der Waals surface area contributed by atoms with E-state index in [-0.39, 0.29) is 5.91 Å². The van der Waals surface area contributed by atoms with Crippen molar-refractivity contribution < 1.29 is 14.3 Å². The van der Waals surface area contributed by atoms with Crippen molar-refractivity contribution >= 4 is 17.4 Å². The largest absolute Gasteiger partial charge is 0.486 e.